The summed E-state index contributed by atoms with van der Waals surface area (Å²) in [4.78, 5) is 30.2. The number of thioether (sulfide) groups is 1. The number of nitrogens with one attached hydrogen (secondary N) is 2. The lowest BCUT2D eigenvalue weighted by Crippen LogP contribution is -2.56. The quantitative estimate of drug-likeness (QED) is 0.440. The molecule has 1 saturated carbocycles. The standard InChI is InChI=1S/C13H19N3O3S/c1-3-15-13(9-4-5-9,11(18)19-2)8-20-12-14-7-6-10(17)16-12/h6-7,9,15H,3-5,8H2,1-2H3,(H,14,16,17). The smallest absolute Gasteiger partial charge is 0.327 e. The molecule has 0 amide bonds. The maximum Gasteiger partial charge on any atom is 0.327 e. The number of methoxy groups -OCH3 is 1. The number of esters is 1. The summed E-state index contributed by atoms with van der Waals surface area (Å²) in [6.45, 7) is 2.65. The highest BCUT2D eigenvalue weighted by molar-refractivity contribution is 7.99. The Bertz CT molecular complexity index is 530. The lowest BCUT2D eigenvalue weighted by molar-refractivity contribution is -0.148. The Labute approximate surface area is 121 Å². The summed E-state index contributed by atoms with van der Waals surface area (Å²) in [7, 11) is 1.41. The van der Waals surface area contributed by atoms with Gasteiger partial charge >= 0.3 is 5.97 Å². The Morgan fingerprint density at radius 1 is 1.65 bits per heavy atom. The zero-order chi connectivity index (χ0) is 14.6. The van der Waals surface area contributed by atoms with E-state index in [0.29, 0.717) is 17.5 Å². The Morgan fingerprint density at radius 2 is 2.40 bits per heavy atom. The molecule has 0 radical (unpaired) electrons. The van der Waals surface area contributed by atoms with Crippen LogP contribution in [-0.2, 0) is 9.53 Å². The molecule has 2 rings (SSSR count). The van der Waals surface area contributed by atoms with E-state index in [2.05, 4.69) is 15.3 Å². The van der Waals surface area contributed by atoms with Crippen molar-refractivity contribution in [3.8, 4) is 0 Å². The molecule has 0 aromatic carbocycles. The largest absolute Gasteiger partial charge is 0.468 e. The van der Waals surface area contributed by atoms with Crippen LogP contribution in [0, 0.1) is 5.92 Å². The molecule has 20 heavy (non-hydrogen) atoms. The highest BCUT2D eigenvalue weighted by atomic mass is 32.2. The third-order valence-electron chi connectivity index (χ3n) is 3.40. The minimum atomic E-state index is -0.692. The van der Waals surface area contributed by atoms with E-state index in [-0.39, 0.29) is 17.4 Å². The van der Waals surface area contributed by atoms with Crippen molar-refractivity contribution in [2.75, 3.05) is 19.4 Å². The maximum atomic E-state index is 12.2. The number of ether oxygens (including phenoxy) is 1. The molecule has 110 valence electrons. The molecular weight excluding hydrogens is 278 g/mol. The van der Waals surface area contributed by atoms with Gasteiger partial charge in [-0.05, 0) is 25.3 Å². The molecule has 1 fully saturated rings. The number of hydrogen-bond donors (Lipinski definition) is 2. The summed E-state index contributed by atoms with van der Waals surface area (Å²) >= 11 is 1.36. The first-order valence-corrected chi connectivity index (χ1v) is 7.62. The van der Waals surface area contributed by atoms with Crippen LogP contribution in [0.15, 0.2) is 22.2 Å². The maximum absolute atomic E-state index is 12.2. The normalized spacial score (nSPS) is 17.5. The van der Waals surface area contributed by atoms with Crippen LogP contribution in [0.25, 0.3) is 0 Å². The van der Waals surface area contributed by atoms with E-state index in [9.17, 15) is 9.59 Å². The van der Waals surface area contributed by atoms with Crippen molar-refractivity contribution in [1.82, 2.24) is 15.3 Å². The molecule has 6 nitrogen and oxygen atoms in total. The second-order valence-corrected chi connectivity index (χ2v) is 5.76. The van der Waals surface area contributed by atoms with Crippen molar-refractivity contribution in [2.24, 2.45) is 5.92 Å². The lowest BCUT2D eigenvalue weighted by atomic mass is 9.95. The predicted octanol–water partition coefficient (Wildman–Crippen LogP) is 0.793. The Morgan fingerprint density at radius 3 is 2.95 bits per heavy atom. The van der Waals surface area contributed by atoms with E-state index < -0.39 is 5.54 Å². The van der Waals surface area contributed by atoms with Gasteiger partial charge in [0.05, 0.1) is 7.11 Å². The third-order valence-corrected chi connectivity index (χ3v) is 4.48. The zero-order valence-electron chi connectivity index (χ0n) is 11.6. The molecule has 0 aliphatic heterocycles. The van der Waals surface area contributed by atoms with E-state index in [1.54, 1.807) is 0 Å². The number of carbonyl (C=O) groups is 1. The third kappa shape index (κ3) is 3.21. The molecule has 1 aromatic heterocycles. The van der Waals surface area contributed by atoms with Gasteiger partial charge in [-0.3, -0.25) is 9.59 Å². The first kappa shape index (κ1) is 15.1. The average Bonchev–Trinajstić information content (AvgIpc) is 3.27. The molecule has 1 heterocycles. The molecule has 1 aliphatic rings. The van der Waals surface area contributed by atoms with Crippen LogP contribution in [0.4, 0.5) is 0 Å². The molecular formula is C13H19N3O3S. The van der Waals surface area contributed by atoms with Gasteiger partial charge in [0.25, 0.3) is 5.56 Å². The van der Waals surface area contributed by atoms with Crippen molar-refractivity contribution in [3.63, 3.8) is 0 Å². The minimum Gasteiger partial charge on any atom is -0.468 e. The summed E-state index contributed by atoms with van der Waals surface area (Å²) in [5.74, 6) is 0.538. The van der Waals surface area contributed by atoms with Crippen LogP contribution in [0.3, 0.4) is 0 Å². The number of carbonyl (C=O) groups excluding carboxylic acids is 1. The summed E-state index contributed by atoms with van der Waals surface area (Å²) in [5.41, 5.74) is -0.885. The van der Waals surface area contributed by atoms with E-state index in [1.165, 1.54) is 31.1 Å². The van der Waals surface area contributed by atoms with E-state index in [1.807, 2.05) is 6.92 Å². The molecule has 0 spiro atoms. The zero-order valence-corrected chi connectivity index (χ0v) is 12.5. The Kier molecular flexibility index (Phi) is 4.82. The first-order valence-electron chi connectivity index (χ1n) is 6.64. The van der Waals surface area contributed by atoms with E-state index in [0.717, 1.165) is 12.8 Å². The van der Waals surface area contributed by atoms with Crippen molar-refractivity contribution in [2.45, 2.75) is 30.5 Å². The summed E-state index contributed by atoms with van der Waals surface area (Å²) in [6, 6.07) is 1.36. The number of hydrogen-bond acceptors (Lipinski definition) is 6. The van der Waals surface area contributed by atoms with Gasteiger partial charge in [-0.2, -0.15) is 0 Å². The highest BCUT2D eigenvalue weighted by Gasteiger charge is 2.51. The fraction of sp³-hybridized carbons (Fsp3) is 0.615. The SMILES string of the molecule is CCNC(CSc1nccc(=O)[nH]1)(C(=O)OC)C1CC1. The minimum absolute atomic E-state index is 0.193. The van der Waals surface area contributed by atoms with Gasteiger partial charge in [0.15, 0.2) is 5.16 Å². The number of H-pyrrole nitrogens is 1. The van der Waals surface area contributed by atoms with E-state index >= 15 is 0 Å². The van der Waals surface area contributed by atoms with Gasteiger partial charge in [0.2, 0.25) is 0 Å². The first-order chi connectivity index (χ1) is 9.62. The highest BCUT2D eigenvalue weighted by Crippen LogP contribution is 2.42. The molecule has 0 saturated heterocycles. The number of aromatic nitrogens is 2. The number of nitrogens with zero attached hydrogens (tertiary/aromatic N) is 1. The molecule has 7 heteroatoms. The van der Waals surface area contributed by atoms with Crippen LogP contribution in [-0.4, -0.2) is 40.9 Å². The fourth-order valence-electron chi connectivity index (χ4n) is 2.29. The average molecular weight is 297 g/mol. The molecule has 1 atom stereocenters. The van der Waals surface area contributed by atoms with Gasteiger partial charge in [-0.15, -0.1) is 0 Å². The van der Waals surface area contributed by atoms with Gasteiger partial charge < -0.3 is 15.0 Å². The van der Waals surface area contributed by atoms with Crippen molar-refractivity contribution >= 4 is 17.7 Å². The topological polar surface area (TPSA) is 84.1 Å². The van der Waals surface area contributed by atoms with Gasteiger partial charge in [0, 0.05) is 18.0 Å². The van der Waals surface area contributed by atoms with Gasteiger partial charge in [0.1, 0.15) is 5.54 Å². The van der Waals surface area contributed by atoms with Gasteiger partial charge in [-0.1, -0.05) is 18.7 Å². The molecule has 1 aromatic rings. The Hall–Kier alpha value is -1.34. The summed E-state index contributed by atoms with van der Waals surface area (Å²) in [6.07, 6.45) is 3.49. The van der Waals surface area contributed by atoms with Crippen molar-refractivity contribution in [1.29, 1.82) is 0 Å². The monoisotopic (exact) mass is 297 g/mol. The second-order valence-electron chi connectivity index (χ2n) is 4.80. The lowest BCUT2D eigenvalue weighted by Gasteiger charge is -2.31. The van der Waals surface area contributed by atoms with Crippen LogP contribution in [0.5, 0.6) is 0 Å². The van der Waals surface area contributed by atoms with Crippen molar-refractivity contribution < 1.29 is 9.53 Å². The predicted molar refractivity (Wildman–Crippen MR) is 76.7 cm³/mol. The number of aromatic amines is 1. The second kappa shape index (κ2) is 6.41. The van der Waals surface area contributed by atoms with Crippen LogP contribution < -0.4 is 10.9 Å². The molecule has 2 N–H and O–H groups in total. The molecule has 0 bridgehead atoms. The Balaban J connectivity index is 2.15. The van der Waals surface area contributed by atoms with E-state index in [4.69, 9.17) is 4.74 Å². The fourth-order valence-corrected chi connectivity index (χ4v) is 3.42. The summed E-state index contributed by atoms with van der Waals surface area (Å²) in [5, 5.41) is 3.80. The number of likely N-dealkylation sites (N-methyl/N-ethyl adjacent to an activating group) is 1. The van der Waals surface area contributed by atoms with Crippen LogP contribution in [0.1, 0.15) is 19.8 Å². The van der Waals surface area contributed by atoms with Gasteiger partial charge in [-0.25, -0.2) is 4.98 Å². The van der Waals surface area contributed by atoms with Crippen LogP contribution >= 0.6 is 11.8 Å². The molecule has 1 unspecified atom stereocenters. The number of rotatable bonds is 7. The van der Waals surface area contributed by atoms with Crippen LogP contribution in [0.2, 0.25) is 0 Å². The van der Waals surface area contributed by atoms with Crippen molar-refractivity contribution in [3.05, 3.63) is 22.6 Å². The molecule has 1 aliphatic carbocycles. The summed E-state index contributed by atoms with van der Waals surface area (Å²) < 4.78 is 4.97.